The largest absolute Gasteiger partial charge is 0.455 e. The third-order valence-electron chi connectivity index (χ3n) is 4.31. The lowest BCUT2D eigenvalue weighted by Crippen LogP contribution is -2.16. The number of ether oxygens (including phenoxy) is 1. The Morgan fingerprint density at radius 2 is 1.59 bits per heavy atom. The molecule has 1 aliphatic carbocycles. The summed E-state index contributed by atoms with van der Waals surface area (Å²) >= 11 is 0. The van der Waals surface area contributed by atoms with Crippen molar-refractivity contribution in [3.05, 3.63) is 48.0 Å². The van der Waals surface area contributed by atoms with Gasteiger partial charge in [-0.1, -0.05) is 12.1 Å². The molecular weight excluding hydrogens is 276 g/mol. The van der Waals surface area contributed by atoms with Gasteiger partial charge in [0.1, 0.15) is 11.5 Å². The second-order valence-electron chi connectivity index (χ2n) is 5.97. The van der Waals surface area contributed by atoms with Gasteiger partial charge in [0.15, 0.2) is 0 Å². The zero-order valence-electron chi connectivity index (χ0n) is 12.5. The van der Waals surface area contributed by atoms with Crippen LogP contribution in [0.3, 0.4) is 0 Å². The molecule has 0 bridgehead atoms. The van der Waals surface area contributed by atoms with Crippen molar-refractivity contribution in [2.45, 2.75) is 37.7 Å². The minimum atomic E-state index is -0.118. The number of nitrogen functional groups attached to an aromatic ring is 2. The normalized spacial score (nSPS) is 21.5. The molecule has 0 unspecified atom stereocenters. The number of nitrogens with two attached hydrogens (primary N) is 2. The highest BCUT2D eigenvalue weighted by Crippen LogP contribution is 2.34. The first-order valence-electron chi connectivity index (χ1n) is 7.72. The van der Waals surface area contributed by atoms with E-state index in [1.807, 2.05) is 12.1 Å². The lowest BCUT2D eigenvalue weighted by atomic mass is 9.83. The van der Waals surface area contributed by atoms with E-state index in [0.717, 1.165) is 31.4 Å². The zero-order valence-corrected chi connectivity index (χ0v) is 12.5. The maximum absolute atomic E-state index is 9.59. The number of hydrogen-bond donors (Lipinski definition) is 3. The topological polar surface area (TPSA) is 81.5 Å². The molecule has 0 radical (unpaired) electrons. The fraction of sp³-hybridized carbons (Fsp3) is 0.333. The molecular formula is C18H22N2O2. The summed E-state index contributed by atoms with van der Waals surface area (Å²) in [5, 5.41) is 9.59. The van der Waals surface area contributed by atoms with Gasteiger partial charge in [0.25, 0.3) is 0 Å². The number of hydrogen-bond acceptors (Lipinski definition) is 4. The van der Waals surface area contributed by atoms with Crippen LogP contribution < -0.4 is 16.2 Å². The van der Waals surface area contributed by atoms with E-state index in [4.69, 9.17) is 16.2 Å². The van der Waals surface area contributed by atoms with Crippen LogP contribution in [0.4, 0.5) is 11.4 Å². The molecule has 1 saturated carbocycles. The molecule has 4 nitrogen and oxygen atoms in total. The Morgan fingerprint density at radius 1 is 0.909 bits per heavy atom. The fourth-order valence-electron chi connectivity index (χ4n) is 3.00. The van der Waals surface area contributed by atoms with Crippen molar-refractivity contribution in [2.24, 2.45) is 0 Å². The van der Waals surface area contributed by atoms with Crippen LogP contribution in [-0.2, 0) is 0 Å². The summed E-state index contributed by atoms with van der Waals surface area (Å²) in [5.74, 6) is 1.91. The van der Waals surface area contributed by atoms with Crippen LogP contribution in [0.1, 0.15) is 37.2 Å². The van der Waals surface area contributed by atoms with Crippen LogP contribution in [0, 0.1) is 0 Å². The molecule has 3 rings (SSSR count). The van der Waals surface area contributed by atoms with Gasteiger partial charge in [-0.25, -0.2) is 0 Å². The number of benzene rings is 2. The lowest BCUT2D eigenvalue weighted by Gasteiger charge is -2.25. The van der Waals surface area contributed by atoms with E-state index < -0.39 is 0 Å². The van der Waals surface area contributed by atoms with E-state index in [2.05, 4.69) is 12.1 Å². The summed E-state index contributed by atoms with van der Waals surface area (Å²) < 4.78 is 5.80. The quantitative estimate of drug-likeness (QED) is 0.755. The highest BCUT2D eigenvalue weighted by molar-refractivity contribution is 5.61. The first-order chi connectivity index (χ1) is 10.6. The average Bonchev–Trinajstić information content (AvgIpc) is 2.52. The van der Waals surface area contributed by atoms with E-state index in [0.29, 0.717) is 23.0 Å². The summed E-state index contributed by atoms with van der Waals surface area (Å²) in [7, 11) is 0. The van der Waals surface area contributed by atoms with Crippen LogP contribution >= 0.6 is 0 Å². The second kappa shape index (κ2) is 6.28. The fourth-order valence-corrected chi connectivity index (χ4v) is 3.00. The van der Waals surface area contributed by atoms with Crippen LogP contribution in [0.15, 0.2) is 42.5 Å². The van der Waals surface area contributed by atoms with Crippen LogP contribution in [0.25, 0.3) is 0 Å². The van der Waals surface area contributed by atoms with Gasteiger partial charge in [-0.2, -0.15) is 0 Å². The van der Waals surface area contributed by atoms with Crippen LogP contribution in [-0.4, -0.2) is 11.2 Å². The van der Waals surface area contributed by atoms with Crippen molar-refractivity contribution in [1.29, 1.82) is 0 Å². The van der Waals surface area contributed by atoms with E-state index in [1.165, 1.54) is 5.56 Å². The molecule has 0 saturated heterocycles. The molecule has 2 aromatic rings. The Morgan fingerprint density at radius 3 is 2.23 bits per heavy atom. The minimum absolute atomic E-state index is 0.118. The first kappa shape index (κ1) is 14.7. The molecule has 2 aromatic carbocycles. The van der Waals surface area contributed by atoms with Gasteiger partial charge in [-0.05, 0) is 67.5 Å². The number of rotatable bonds is 3. The molecule has 22 heavy (non-hydrogen) atoms. The van der Waals surface area contributed by atoms with Crippen molar-refractivity contribution in [3.63, 3.8) is 0 Å². The van der Waals surface area contributed by atoms with Gasteiger partial charge < -0.3 is 21.3 Å². The second-order valence-corrected chi connectivity index (χ2v) is 5.97. The van der Waals surface area contributed by atoms with Crippen molar-refractivity contribution in [1.82, 2.24) is 0 Å². The highest BCUT2D eigenvalue weighted by atomic mass is 16.5. The molecule has 5 N–H and O–H groups in total. The van der Waals surface area contributed by atoms with Gasteiger partial charge >= 0.3 is 0 Å². The smallest absolute Gasteiger partial charge is 0.150 e. The first-order valence-corrected chi connectivity index (χ1v) is 7.72. The summed E-state index contributed by atoms with van der Waals surface area (Å²) in [6.45, 7) is 0. The number of anilines is 2. The molecule has 0 aliphatic heterocycles. The third-order valence-corrected chi connectivity index (χ3v) is 4.31. The summed E-state index contributed by atoms with van der Waals surface area (Å²) in [4.78, 5) is 0. The average molecular weight is 298 g/mol. The van der Waals surface area contributed by atoms with Gasteiger partial charge in [-0.3, -0.25) is 0 Å². The molecule has 0 aromatic heterocycles. The Labute approximate surface area is 130 Å². The van der Waals surface area contributed by atoms with Crippen molar-refractivity contribution < 1.29 is 9.84 Å². The lowest BCUT2D eigenvalue weighted by molar-refractivity contribution is 0.122. The van der Waals surface area contributed by atoms with Crippen LogP contribution in [0.2, 0.25) is 0 Å². The molecule has 0 atom stereocenters. The Bertz CT molecular complexity index is 632. The highest BCUT2D eigenvalue weighted by Gasteiger charge is 2.20. The van der Waals surface area contributed by atoms with Crippen LogP contribution in [0.5, 0.6) is 11.5 Å². The van der Waals surface area contributed by atoms with Crippen molar-refractivity contribution in [3.8, 4) is 11.5 Å². The molecule has 1 fully saturated rings. The maximum atomic E-state index is 9.59. The number of aliphatic hydroxyl groups is 1. The summed E-state index contributed by atoms with van der Waals surface area (Å²) in [6.07, 6.45) is 3.77. The predicted molar refractivity (Wildman–Crippen MR) is 89.0 cm³/mol. The van der Waals surface area contributed by atoms with Crippen molar-refractivity contribution in [2.75, 3.05) is 11.5 Å². The summed E-state index contributed by atoms with van der Waals surface area (Å²) in [5.41, 5.74) is 14.0. The summed E-state index contributed by atoms with van der Waals surface area (Å²) in [6, 6.07) is 13.4. The monoisotopic (exact) mass is 298 g/mol. The van der Waals surface area contributed by atoms with Gasteiger partial charge in [0, 0.05) is 5.69 Å². The standard InChI is InChI=1S/C18H22N2O2/c19-14-5-10-18(17(20)11-14)22-16-8-3-13(4-9-16)12-1-6-15(21)7-2-12/h3-5,8-12,15,21H,1-2,6-7,19-20H2. The predicted octanol–water partition coefficient (Wildman–Crippen LogP) is 3.66. The van der Waals surface area contributed by atoms with Crippen molar-refractivity contribution >= 4 is 11.4 Å². The molecule has 4 heteroatoms. The van der Waals surface area contributed by atoms with E-state index in [1.54, 1.807) is 18.2 Å². The van der Waals surface area contributed by atoms with E-state index >= 15 is 0 Å². The minimum Gasteiger partial charge on any atom is -0.455 e. The van der Waals surface area contributed by atoms with E-state index in [9.17, 15) is 5.11 Å². The molecule has 116 valence electrons. The third kappa shape index (κ3) is 3.34. The number of aliphatic hydroxyl groups excluding tert-OH is 1. The Kier molecular flexibility index (Phi) is 4.20. The molecule has 1 aliphatic rings. The molecule has 0 amide bonds. The Hall–Kier alpha value is -2.20. The van der Waals surface area contributed by atoms with E-state index in [-0.39, 0.29) is 6.10 Å². The van der Waals surface area contributed by atoms with Gasteiger partial charge in [0.05, 0.1) is 11.8 Å². The van der Waals surface area contributed by atoms with Gasteiger partial charge in [0.2, 0.25) is 0 Å². The van der Waals surface area contributed by atoms with Gasteiger partial charge in [-0.15, -0.1) is 0 Å². The SMILES string of the molecule is Nc1ccc(Oc2ccc(C3CCC(O)CC3)cc2)c(N)c1. The molecule has 0 heterocycles. The molecule has 0 spiro atoms. The Balaban J connectivity index is 1.69. The maximum Gasteiger partial charge on any atom is 0.150 e. The zero-order chi connectivity index (χ0) is 15.5.